The fraction of sp³-hybridized carbons (Fsp3) is 0.231. The van der Waals surface area contributed by atoms with E-state index in [1.54, 1.807) is 7.11 Å². The summed E-state index contributed by atoms with van der Waals surface area (Å²) in [7, 11) is 1.59. The number of anilines is 1. The number of para-hydroxylation sites is 4. The van der Waals surface area contributed by atoms with Crippen molar-refractivity contribution in [2.45, 2.75) is 32.7 Å². The largest absolute Gasteiger partial charge is 0.495 e. The highest BCUT2D eigenvalue weighted by Gasteiger charge is 2.18. The number of hydrogen-bond donors (Lipinski definition) is 1. The number of imidazole rings is 1. The molecule has 1 aromatic heterocycles. The average molecular weight is 414 g/mol. The molecule has 1 heterocycles. The number of benzene rings is 3. The molecule has 0 fully saturated rings. The Labute approximate surface area is 182 Å². The third kappa shape index (κ3) is 4.31. The molecule has 0 radical (unpaired) electrons. The zero-order valence-corrected chi connectivity index (χ0v) is 18.3. The fourth-order valence-electron chi connectivity index (χ4n) is 3.66. The van der Waals surface area contributed by atoms with Crippen molar-refractivity contribution < 1.29 is 9.53 Å². The van der Waals surface area contributed by atoms with Crippen LogP contribution >= 0.6 is 0 Å². The third-order valence-electron chi connectivity index (χ3n) is 5.35. The lowest BCUT2D eigenvalue weighted by atomic mass is 9.87. The van der Waals surface area contributed by atoms with Crippen LogP contribution in [0, 0.1) is 0 Å². The number of amides is 1. The van der Waals surface area contributed by atoms with Crippen LogP contribution in [-0.4, -0.2) is 22.6 Å². The van der Waals surface area contributed by atoms with Gasteiger partial charge in [-0.1, -0.05) is 69.3 Å². The number of rotatable bonds is 5. The van der Waals surface area contributed by atoms with Crippen molar-refractivity contribution in [1.29, 1.82) is 0 Å². The second-order valence-electron chi connectivity index (χ2n) is 8.59. The van der Waals surface area contributed by atoms with E-state index in [4.69, 9.17) is 9.72 Å². The summed E-state index contributed by atoms with van der Waals surface area (Å²) < 4.78 is 7.31. The van der Waals surface area contributed by atoms with Crippen LogP contribution in [0.1, 0.15) is 26.3 Å². The molecule has 31 heavy (non-hydrogen) atoms. The van der Waals surface area contributed by atoms with Crippen molar-refractivity contribution in [3.63, 3.8) is 0 Å². The van der Waals surface area contributed by atoms with Crippen LogP contribution in [0.3, 0.4) is 0 Å². The molecule has 0 bridgehead atoms. The van der Waals surface area contributed by atoms with Gasteiger partial charge in [0.15, 0.2) is 0 Å². The van der Waals surface area contributed by atoms with E-state index in [-0.39, 0.29) is 17.9 Å². The summed E-state index contributed by atoms with van der Waals surface area (Å²) >= 11 is 0. The van der Waals surface area contributed by atoms with E-state index in [1.165, 1.54) is 5.56 Å². The molecule has 4 aromatic rings. The fourth-order valence-corrected chi connectivity index (χ4v) is 3.66. The molecule has 0 spiro atoms. The molecule has 5 nitrogen and oxygen atoms in total. The molecule has 0 atom stereocenters. The van der Waals surface area contributed by atoms with Crippen LogP contribution in [-0.2, 0) is 16.8 Å². The quantitative estimate of drug-likeness (QED) is 0.460. The standard InChI is InChI=1S/C26H27N3O2/c1-26(2,3)19-15-13-18(14-16-19)25-28-20-9-5-7-11-22(20)29(25)17-24(30)27-21-10-6-8-12-23(21)31-4/h5-16H,17H2,1-4H3,(H,27,30). The molecule has 0 unspecified atom stereocenters. The normalized spacial score (nSPS) is 11.5. The van der Waals surface area contributed by atoms with Crippen molar-refractivity contribution in [3.05, 3.63) is 78.4 Å². The van der Waals surface area contributed by atoms with Crippen LogP contribution in [0.15, 0.2) is 72.8 Å². The predicted molar refractivity (Wildman–Crippen MR) is 125 cm³/mol. The first-order chi connectivity index (χ1) is 14.9. The Kier molecular flexibility index (Phi) is 5.51. The van der Waals surface area contributed by atoms with Gasteiger partial charge in [0.05, 0.1) is 23.8 Å². The first-order valence-corrected chi connectivity index (χ1v) is 10.4. The van der Waals surface area contributed by atoms with Crippen LogP contribution in [0.4, 0.5) is 5.69 Å². The maximum atomic E-state index is 12.9. The minimum Gasteiger partial charge on any atom is -0.495 e. The second kappa shape index (κ2) is 8.26. The molecule has 3 aromatic carbocycles. The van der Waals surface area contributed by atoms with Crippen molar-refractivity contribution in [2.24, 2.45) is 0 Å². The summed E-state index contributed by atoms with van der Waals surface area (Å²) in [6.07, 6.45) is 0. The van der Waals surface area contributed by atoms with E-state index >= 15 is 0 Å². The highest BCUT2D eigenvalue weighted by atomic mass is 16.5. The zero-order valence-electron chi connectivity index (χ0n) is 18.3. The van der Waals surface area contributed by atoms with Crippen LogP contribution in [0.25, 0.3) is 22.4 Å². The van der Waals surface area contributed by atoms with E-state index in [9.17, 15) is 4.79 Å². The average Bonchev–Trinajstić information content (AvgIpc) is 3.12. The number of carbonyl (C=O) groups excluding carboxylic acids is 1. The Morgan fingerprint density at radius 3 is 2.35 bits per heavy atom. The summed E-state index contributed by atoms with van der Waals surface area (Å²) in [6.45, 7) is 6.73. The van der Waals surface area contributed by atoms with Crippen molar-refractivity contribution in [1.82, 2.24) is 9.55 Å². The van der Waals surface area contributed by atoms with Crippen molar-refractivity contribution in [3.8, 4) is 17.1 Å². The van der Waals surface area contributed by atoms with Gasteiger partial charge >= 0.3 is 0 Å². The number of ether oxygens (including phenoxy) is 1. The summed E-state index contributed by atoms with van der Waals surface area (Å²) in [4.78, 5) is 17.8. The number of aromatic nitrogens is 2. The molecule has 0 saturated heterocycles. The smallest absolute Gasteiger partial charge is 0.244 e. The molecule has 4 rings (SSSR count). The number of hydrogen-bond acceptors (Lipinski definition) is 3. The summed E-state index contributed by atoms with van der Waals surface area (Å²) in [5.41, 5.74) is 4.75. The molecular weight excluding hydrogens is 386 g/mol. The molecule has 0 aliphatic carbocycles. The minimum absolute atomic E-state index is 0.0767. The second-order valence-corrected chi connectivity index (χ2v) is 8.59. The van der Waals surface area contributed by atoms with Crippen LogP contribution < -0.4 is 10.1 Å². The van der Waals surface area contributed by atoms with Gasteiger partial charge in [0.25, 0.3) is 0 Å². The van der Waals surface area contributed by atoms with Crippen molar-refractivity contribution in [2.75, 3.05) is 12.4 Å². The lowest BCUT2D eigenvalue weighted by Crippen LogP contribution is -2.19. The first-order valence-electron chi connectivity index (χ1n) is 10.4. The highest BCUT2D eigenvalue weighted by Crippen LogP contribution is 2.29. The van der Waals surface area contributed by atoms with Gasteiger partial charge in [-0.2, -0.15) is 0 Å². The van der Waals surface area contributed by atoms with Gasteiger partial charge in [-0.15, -0.1) is 0 Å². The van der Waals surface area contributed by atoms with Gasteiger partial charge in [-0.3, -0.25) is 4.79 Å². The Bertz CT molecular complexity index is 1220. The number of nitrogens with zero attached hydrogens (tertiary/aromatic N) is 2. The number of fused-ring (bicyclic) bond motifs is 1. The Morgan fingerprint density at radius 1 is 0.968 bits per heavy atom. The molecule has 0 saturated carbocycles. The van der Waals surface area contributed by atoms with E-state index in [0.29, 0.717) is 11.4 Å². The Morgan fingerprint density at radius 2 is 1.65 bits per heavy atom. The third-order valence-corrected chi connectivity index (χ3v) is 5.35. The lowest BCUT2D eigenvalue weighted by Gasteiger charge is -2.19. The number of methoxy groups -OCH3 is 1. The van der Waals surface area contributed by atoms with Gasteiger partial charge in [0.2, 0.25) is 5.91 Å². The topological polar surface area (TPSA) is 56.1 Å². The van der Waals surface area contributed by atoms with Gasteiger partial charge in [-0.25, -0.2) is 4.98 Å². The number of carbonyl (C=O) groups is 1. The molecular formula is C26H27N3O2. The molecule has 1 amide bonds. The molecule has 0 aliphatic heterocycles. The van der Waals surface area contributed by atoms with E-state index in [2.05, 4.69) is 50.4 Å². The number of nitrogens with one attached hydrogen (secondary N) is 1. The van der Waals surface area contributed by atoms with Gasteiger partial charge in [0, 0.05) is 5.56 Å². The monoisotopic (exact) mass is 413 g/mol. The predicted octanol–water partition coefficient (Wildman–Crippen LogP) is 5.65. The first kappa shape index (κ1) is 20.7. The lowest BCUT2D eigenvalue weighted by molar-refractivity contribution is -0.116. The highest BCUT2D eigenvalue weighted by molar-refractivity contribution is 5.94. The van der Waals surface area contributed by atoms with Crippen LogP contribution in [0.2, 0.25) is 0 Å². The molecule has 158 valence electrons. The zero-order chi connectivity index (χ0) is 22.0. The maximum absolute atomic E-state index is 12.9. The minimum atomic E-state index is -0.139. The summed E-state index contributed by atoms with van der Waals surface area (Å²) in [5.74, 6) is 1.27. The van der Waals surface area contributed by atoms with Gasteiger partial charge < -0.3 is 14.6 Å². The maximum Gasteiger partial charge on any atom is 0.244 e. The molecule has 1 N–H and O–H groups in total. The molecule has 0 aliphatic rings. The van der Waals surface area contributed by atoms with Crippen molar-refractivity contribution >= 4 is 22.6 Å². The SMILES string of the molecule is COc1ccccc1NC(=O)Cn1c(-c2ccc(C(C)(C)C)cc2)nc2ccccc21. The molecule has 5 heteroatoms. The summed E-state index contributed by atoms with van der Waals surface area (Å²) in [5, 5.41) is 2.96. The van der Waals surface area contributed by atoms with E-state index in [1.807, 2.05) is 53.1 Å². The Hall–Kier alpha value is -3.60. The van der Waals surface area contributed by atoms with Gasteiger partial charge in [0.1, 0.15) is 18.1 Å². The Balaban J connectivity index is 1.69. The van der Waals surface area contributed by atoms with E-state index in [0.717, 1.165) is 22.4 Å². The van der Waals surface area contributed by atoms with E-state index < -0.39 is 0 Å². The van der Waals surface area contributed by atoms with Crippen LogP contribution in [0.5, 0.6) is 5.75 Å². The summed E-state index contributed by atoms with van der Waals surface area (Å²) in [6, 6.07) is 23.7. The van der Waals surface area contributed by atoms with Gasteiger partial charge in [-0.05, 0) is 35.2 Å².